The maximum atomic E-state index is 9.93. The van der Waals surface area contributed by atoms with Crippen LogP contribution in [0.25, 0.3) is 0 Å². The molecule has 0 amide bonds. The highest BCUT2D eigenvalue weighted by Gasteiger charge is 2.06. The van der Waals surface area contributed by atoms with E-state index >= 15 is 0 Å². The summed E-state index contributed by atoms with van der Waals surface area (Å²) >= 11 is 6.83. The van der Waals surface area contributed by atoms with E-state index in [0.717, 1.165) is 27.4 Å². The second-order valence-corrected chi connectivity index (χ2v) is 6.54. The van der Waals surface area contributed by atoms with E-state index < -0.39 is 0 Å². The molecule has 0 fully saturated rings. The second-order valence-electron chi connectivity index (χ2n) is 4.77. The van der Waals surface area contributed by atoms with Crippen molar-refractivity contribution in [1.82, 2.24) is 0 Å². The largest absolute Gasteiger partial charge is 0.506 e. The van der Waals surface area contributed by atoms with E-state index in [1.807, 2.05) is 12.1 Å². The smallest absolute Gasteiger partial charge is 0.133 e. The molecule has 18 heavy (non-hydrogen) atoms. The van der Waals surface area contributed by atoms with Crippen molar-refractivity contribution in [2.45, 2.75) is 58.3 Å². The Bertz CT molecular complexity index is 364. The fraction of sp³-hybridized carbons (Fsp3) is 0.600. The zero-order valence-corrected chi connectivity index (χ0v) is 14.2. The first-order valence-electron chi connectivity index (χ1n) is 6.82. The highest BCUT2D eigenvalue weighted by Crippen LogP contribution is 2.32. The Morgan fingerprint density at radius 2 is 1.56 bits per heavy atom. The molecule has 3 heteroatoms. The topological polar surface area (TPSA) is 20.2 Å². The molecule has 0 unspecified atom stereocenters. The van der Waals surface area contributed by atoms with Crippen molar-refractivity contribution in [2.75, 3.05) is 0 Å². The van der Waals surface area contributed by atoms with Gasteiger partial charge in [-0.25, -0.2) is 0 Å². The summed E-state index contributed by atoms with van der Waals surface area (Å²) in [5.41, 5.74) is 1.03. The molecule has 0 bridgehead atoms. The van der Waals surface area contributed by atoms with Gasteiger partial charge in [0.25, 0.3) is 0 Å². The lowest BCUT2D eigenvalue weighted by molar-refractivity contribution is 0.462. The molecule has 0 aliphatic carbocycles. The number of phenols is 1. The fourth-order valence-corrected chi connectivity index (χ4v) is 3.40. The fourth-order valence-electron chi connectivity index (χ4n) is 2.08. The summed E-state index contributed by atoms with van der Waals surface area (Å²) < 4.78 is 1.79. The molecular weight excluding hydrogens is 356 g/mol. The Hall–Kier alpha value is -0.0200. The van der Waals surface area contributed by atoms with Crippen LogP contribution in [0.1, 0.15) is 57.4 Å². The van der Waals surface area contributed by atoms with Crippen LogP contribution in [-0.4, -0.2) is 5.11 Å². The highest BCUT2D eigenvalue weighted by atomic mass is 79.9. The lowest BCUT2D eigenvalue weighted by atomic mass is 10.0. The number of rotatable bonds is 8. The monoisotopic (exact) mass is 376 g/mol. The summed E-state index contributed by atoms with van der Waals surface area (Å²) in [6, 6.07) is 3.89. The van der Waals surface area contributed by atoms with Crippen molar-refractivity contribution in [3.63, 3.8) is 0 Å². The van der Waals surface area contributed by atoms with Crippen LogP contribution in [0, 0.1) is 0 Å². The average molecular weight is 378 g/mol. The van der Waals surface area contributed by atoms with Crippen LogP contribution in [0.15, 0.2) is 21.1 Å². The number of hydrogen-bond donors (Lipinski definition) is 1. The van der Waals surface area contributed by atoms with E-state index in [-0.39, 0.29) is 0 Å². The molecule has 1 aromatic rings. The molecule has 0 saturated heterocycles. The maximum absolute atomic E-state index is 9.93. The first kappa shape index (κ1) is 16.0. The van der Waals surface area contributed by atoms with Crippen LogP contribution in [0.4, 0.5) is 0 Å². The molecule has 1 N–H and O–H groups in total. The summed E-state index contributed by atoms with van der Waals surface area (Å²) in [7, 11) is 0. The highest BCUT2D eigenvalue weighted by molar-refractivity contribution is 9.11. The van der Waals surface area contributed by atoms with Crippen LogP contribution in [-0.2, 0) is 6.42 Å². The molecule has 0 heterocycles. The molecule has 102 valence electrons. The average Bonchev–Trinajstić information content (AvgIpc) is 2.33. The van der Waals surface area contributed by atoms with Crippen molar-refractivity contribution in [3.05, 3.63) is 26.6 Å². The minimum atomic E-state index is 0.393. The van der Waals surface area contributed by atoms with Gasteiger partial charge in [-0.1, -0.05) is 61.4 Å². The lowest BCUT2D eigenvalue weighted by Gasteiger charge is -2.07. The number of halogens is 2. The number of benzene rings is 1. The van der Waals surface area contributed by atoms with E-state index in [2.05, 4.69) is 38.8 Å². The van der Waals surface area contributed by atoms with Crippen LogP contribution in [0.5, 0.6) is 5.75 Å². The van der Waals surface area contributed by atoms with Gasteiger partial charge in [0.1, 0.15) is 5.75 Å². The quantitative estimate of drug-likeness (QED) is 0.534. The van der Waals surface area contributed by atoms with Crippen LogP contribution in [0.2, 0.25) is 0 Å². The van der Waals surface area contributed by atoms with Gasteiger partial charge in [0.05, 0.1) is 4.47 Å². The van der Waals surface area contributed by atoms with Crippen molar-refractivity contribution >= 4 is 31.9 Å². The second kappa shape index (κ2) is 8.98. The molecule has 1 aromatic carbocycles. The molecule has 1 rings (SSSR count). The summed E-state index contributed by atoms with van der Waals surface area (Å²) in [4.78, 5) is 0. The van der Waals surface area contributed by atoms with Crippen LogP contribution in [0.3, 0.4) is 0 Å². The van der Waals surface area contributed by atoms with Gasteiger partial charge in [-0.3, -0.25) is 0 Å². The van der Waals surface area contributed by atoms with E-state index in [4.69, 9.17) is 0 Å². The number of hydrogen-bond acceptors (Lipinski definition) is 1. The SMILES string of the molecule is CCCCCCCCCc1cc(Br)cc(Br)c1O. The van der Waals surface area contributed by atoms with Crippen molar-refractivity contribution in [1.29, 1.82) is 0 Å². The lowest BCUT2D eigenvalue weighted by Crippen LogP contribution is -1.89. The summed E-state index contributed by atoms with van der Waals surface area (Å²) in [6.45, 7) is 2.24. The minimum absolute atomic E-state index is 0.393. The molecule has 0 aliphatic heterocycles. The van der Waals surface area contributed by atoms with Gasteiger partial charge in [-0.15, -0.1) is 0 Å². The Balaban J connectivity index is 2.27. The Kier molecular flexibility index (Phi) is 8.00. The van der Waals surface area contributed by atoms with E-state index in [1.54, 1.807) is 0 Å². The van der Waals surface area contributed by atoms with Gasteiger partial charge < -0.3 is 5.11 Å². The maximum Gasteiger partial charge on any atom is 0.133 e. The van der Waals surface area contributed by atoms with Gasteiger partial charge >= 0.3 is 0 Å². The zero-order chi connectivity index (χ0) is 13.4. The molecule has 0 atom stereocenters. The molecule has 0 aromatic heterocycles. The van der Waals surface area contributed by atoms with Gasteiger partial charge in [0, 0.05) is 4.47 Å². The molecule has 0 spiro atoms. The summed E-state index contributed by atoms with van der Waals surface area (Å²) in [5, 5.41) is 9.93. The number of unbranched alkanes of at least 4 members (excludes halogenated alkanes) is 6. The standard InChI is InChI=1S/C15H22Br2O/c1-2-3-4-5-6-7-8-9-12-10-13(16)11-14(17)15(12)18/h10-11,18H,2-9H2,1H3. The Labute approximate surface area is 127 Å². The number of aromatic hydroxyl groups is 1. The van der Waals surface area contributed by atoms with E-state index in [1.165, 1.54) is 38.5 Å². The molecular formula is C15H22Br2O. The Morgan fingerprint density at radius 3 is 2.22 bits per heavy atom. The predicted octanol–water partition coefficient (Wildman–Crippen LogP) is 6.21. The van der Waals surface area contributed by atoms with Crippen molar-refractivity contribution in [2.24, 2.45) is 0 Å². The van der Waals surface area contributed by atoms with Crippen LogP contribution >= 0.6 is 31.9 Å². The number of phenolic OH excluding ortho intramolecular Hbond substituents is 1. The van der Waals surface area contributed by atoms with Crippen molar-refractivity contribution < 1.29 is 5.11 Å². The third-order valence-electron chi connectivity index (χ3n) is 3.16. The predicted molar refractivity (Wildman–Crippen MR) is 85.2 cm³/mol. The normalized spacial score (nSPS) is 10.8. The third-order valence-corrected chi connectivity index (χ3v) is 4.22. The number of aryl methyl sites for hydroxylation is 1. The zero-order valence-electron chi connectivity index (χ0n) is 11.0. The van der Waals surface area contributed by atoms with Crippen molar-refractivity contribution in [3.8, 4) is 5.75 Å². The Morgan fingerprint density at radius 1 is 0.944 bits per heavy atom. The van der Waals surface area contributed by atoms with E-state index in [9.17, 15) is 5.11 Å². The molecule has 0 aliphatic rings. The van der Waals surface area contributed by atoms with Gasteiger partial charge in [0.2, 0.25) is 0 Å². The summed E-state index contributed by atoms with van der Waals surface area (Å²) in [6.07, 6.45) is 10.1. The third kappa shape index (κ3) is 5.75. The first-order chi connectivity index (χ1) is 8.65. The molecule has 1 nitrogen and oxygen atoms in total. The van der Waals surface area contributed by atoms with Gasteiger partial charge in [0.15, 0.2) is 0 Å². The molecule has 0 saturated carbocycles. The molecule has 0 radical (unpaired) electrons. The van der Waals surface area contributed by atoms with Gasteiger partial charge in [-0.05, 0) is 46.5 Å². The first-order valence-corrected chi connectivity index (χ1v) is 8.40. The minimum Gasteiger partial charge on any atom is -0.506 e. The van der Waals surface area contributed by atoms with E-state index in [0.29, 0.717) is 5.75 Å². The van der Waals surface area contributed by atoms with Gasteiger partial charge in [-0.2, -0.15) is 0 Å². The van der Waals surface area contributed by atoms with Crippen LogP contribution < -0.4 is 0 Å². The summed E-state index contributed by atoms with van der Waals surface area (Å²) in [5.74, 6) is 0.393.